The maximum Gasteiger partial charge on any atom is 0.488 e. The molecule has 6 rings (SSSR count). The zero-order valence-corrected chi connectivity index (χ0v) is 22.9. The third-order valence-electron chi connectivity index (χ3n) is 7.23. The Hall–Kier alpha value is -4.55. The third-order valence-corrected chi connectivity index (χ3v) is 7.23. The first-order valence-electron chi connectivity index (χ1n) is 13.4. The van der Waals surface area contributed by atoms with Crippen molar-refractivity contribution >= 4 is 18.4 Å². The highest BCUT2D eigenvalue weighted by molar-refractivity contribution is 6.58. The molecule has 0 radical (unpaired) electrons. The van der Waals surface area contributed by atoms with Crippen LogP contribution < -0.4 is 15.5 Å². The Kier molecular flexibility index (Phi) is 7.02. The number of fused-ring (bicyclic) bond motifs is 7. The number of hydrogen-bond acceptors (Lipinski definition) is 8. The number of anilines is 1. The van der Waals surface area contributed by atoms with Crippen molar-refractivity contribution in [3.05, 3.63) is 89.1 Å². The van der Waals surface area contributed by atoms with E-state index in [1.165, 1.54) is 16.9 Å². The van der Waals surface area contributed by atoms with Crippen LogP contribution in [0.2, 0.25) is 0 Å². The summed E-state index contributed by atoms with van der Waals surface area (Å²) < 4.78 is 23.0. The van der Waals surface area contributed by atoms with Gasteiger partial charge in [0, 0.05) is 55.0 Å². The zero-order chi connectivity index (χ0) is 28.7. The highest BCUT2D eigenvalue weighted by Crippen LogP contribution is 2.38. The van der Waals surface area contributed by atoms with Gasteiger partial charge in [-0.3, -0.25) is 4.68 Å². The Morgan fingerprint density at radius 1 is 1.10 bits per heavy atom. The second kappa shape index (κ2) is 10.8. The summed E-state index contributed by atoms with van der Waals surface area (Å²) in [6, 6.07) is 13.5. The number of aromatic nitrogens is 6. The van der Waals surface area contributed by atoms with E-state index in [1.807, 2.05) is 42.9 Å². The second-order valence-corrected chi connectivity index (χ2v) is 10.0. The number of nitrogens with one attached hydrogen (secondary N) is 1. The van der Waals surface area contributed by atoms with Crippen LogP contribution in [0.5, 0.6) is 5.75 Å². The first-order valence-corrected chi connectivity index (χ1v) is 13.4. The summed E-state index contributed by atoms with van der Waals surface area (Å²) in [4.78, 5) is 6.27. The van der Waals surface area contributed by atoms with Gasteiger partial charge in [-0.2, -0.15) is 20.1 Å². The molecule has 5 aromatic rings. The van der Waals surface area contributed by atoms with Crippen LogP contribution in [0.3, 0.4) is 0 Å². The first-order chi connectivity index (χ1) is 19.8. The van der Waals surface area contributed by atoms with Gasteiger partial charge in [-0.1, -0.05) is 24.3 Å². The molecule has 2 bridgehead atoms. The minimum absolute atomic E-state index is 0.370. The van der Waals surface area contributed by atoms with Crippen LogP contribution in [0.25, 0.3) is 22.5 Å². The molecule has 0 fully saturated rings. The van der Waals surface area contributed by atoms with E-state index in [2.05, 4.69) is 20.6 Å². The van der Waals surface area contributed by atoms with E-state index in [4.69, 9.17) is 9.72 Å². The van der Waals surface area contributed by atoms with E-state index < -0.39 is 13.2 Å². The Labute approximate surface area is 236 Å². The van der Waals surface area contributed by atoms with Crippen molar-refractivity contribution in [3.63, 3.8) is 0 Å². The highest BCUT2D eigenvalue weighted by Gasteiger charge is 2.25. The third kappa shape index (κ3) is 5.19. The molecule has 10 nitrogen and oxygen atoms in total. The van der Waals surface area contributed by atoms with Crippen LogP contribution in [-0.4, -0.2) is 46.9 Å². The number of ether oxygens (including phenoxy) is 1. The van der Waals surface area contributed by atoms with Crippen LogP contribution >= 0.6 is 0 Å². The van der Waals surface area contributed by atoms with Crippen molar-refractivity contribution in [2.24, 2.45) is 7.05 Å². The van der Waals surface area contributed by atoms with Crippen LogP contribution in [0.15, 0.2) is 60.9 Å². The number of aryl methyl sites for hydroxylation is 2. The Morgan fingerprint density at radius 2 is 1.90 bits per heavy atom. The molecule has 2 aromatic carbocycles. The van der Waals surface area contributed by atoms with E-state index in [9.17, 15) is 14.4 Å². The molecule has 0 spiro atoms. The molecule has 0 saturated heterocycles. The van der Waals surface area contributed by atoms with Gasteiger partial charge in [-0.15, -0.1) is 0 Å². The summed E-state index contributed by atoms with van der Waals surface area (Å²) in [7, 11) is 0.251. The average molecular weight is 553 g/mol. The van der Waals surface area contributed by atoms with Gasteiger partial charge >= 0.3 is 7.12 Å². The van der Waals surface area contributed by atoms with Gasteiger partial charge in [0.15, 0.2) is 11.6 Å². The molecule has 1 unspecified atom stereocenters. The lowest BCUT2D eigenvalue weighted by atomic mass is 9.80. The molecule has 208 valence electrons. The topological polar surface area (TPSA) is 123 Å². The molecule has 12 heteroatoms. The Balaban J connectivity index is 1.46. The standard InChI is InChI=1S/C29H29BFN7O3/c1-4-38-28-19(16-34-38)11-25-27(36-37(3)35-25)23-10-9-22(31)13-24(23)17(2)41-26-12-20(28)15-33-29(26)32-14-18-5-7-21(8-6-18)30(39)40/h5-10,12-13,15-17,39-40H,4,11,14H2,1-3H3,(H,32,33). The lowest BCUT2D eigenvalue weighted by Gasteiger charge is -2.22. The van der Waals surface area contributed by atoms with Crippen molar-refractivity contribution in [1.29, 1.82) is 0 Å². The molecule has 1 aliphatic heterocycles. The number of hydrogen-bond donors (Lipinski definition) is 3. The fraction of sp³-hybridized carbons (Fsp3) is 0.241. The number of benzene rings is 2. The number of halogens is 1. The number of rotatable bonds is 5. The molecule has 1 atom stereocenters. The summed E-state index contributed by atoms with van der Waals surface area (Å²) in [5.74, 6) is 0.651. The minimum Gasteiger partial charge on any atom is -0.482 e. The molecule has 1 aliphatic rings. The predicted octanol–water partition coefficient (Wildman–Crippen LogP) is 3.24. The molecular formula is C29H29BFN7O3. The van der Waals surface area contributed by atoms with E-state index in [0.717, 1.165) is 33.6 Å². The first kappa shape index (κ1) is 26.7. The molecule has 0 amide bonds. The monoisotopic (exact) mass is 553 g/mol. The van der Waals surface area contributed by atoms with Gasteiger partial charge in [-0.05, 0) is 49.1 Å². The average Bonchev–Trinajstić information content (AvgIpc) is 3.54. The summed E-state index contributed by atoms with van der Waals surface area (Å²) >= 11 is 0. The molecule has 4 heterocycles. The van der Waals surface area contributed by atoms with Crippen molar-refractivity contribution in [2.45, 2.75) is 39.5 Å². The molecule has 0 saturated carbocycles. The Bertz CT molecular complexity index is 1720. The van der Waals surface area contributed by atoms with Crippen molar-refractivity contribution in [1.82, 2.24) is 29.8 Å². The summed E-state index contributed by atoms with van der Waals surface area (Å²) in [6.07, 6.45) is 3.57. The zero-order valence-electron chi connectivity index (χ0n) is 22.9. The van der Waals surface area contributed by atoms with Crippen LogP contribution in [0.1, 0.15) is 42.3 Å². The normalized spacial score (nSPS) is 14.1. The number of nitrogens with zero attached hydrogens (tertiary/aromatic N) is 6. The van der Waals surface area contributed by atoms with Gasteiger partial charge in [0.1, 0.15) is 17.6 Å². The van der Waals surface area contributed by atoms with Gasteiger partial charge in [0.25, 0.3) is 0 Å². The van der Waals surface area contributed by atoms with Gasteiger partial charge in [0.2, 0.25) is 0 Å². The number of pyridine rings is 1. The predicted molar refractivity (Wildman–Crippen MR) is 153 cm³/mol. The van der Waals surface area contributed by atoms with Crippen LogP contribution in [0, 0.1) is 5.82 Å². The van der Waals surface area contributed by atoms with E-state index in [0.29, 0.717) is 47.8 Å². The molecule has 0 aliphatic carbocycles. The summed E-state index contributed by atoms with van der Waals surface area (Å²) in [5.41, 5.74) is 6.87. The molecule has 41 heavy (non-hydrogen) atoms. The van der Waals surface area contributed by atoms with Gasteiger partial charge < -0.3 is 20.1 Å². The molecular weight excluding hydrogens is 524 g/mol. The minimum atomic E-state index is -1.52. The Morgan fingerprint density at radius 3 is 2.66 bits per heavy atom. The molecule has 3 N–H and O–H groups in total. The fourth-order valence-corrected chi connectivity index (χ4v) is 5.21. The summed E-state index contributed by atoms with van der Waals surface area (Å²) in [6.45, 7) is 4.99. The fourth-order valence-electron chi connectivity index (χ4n) is 5.21. The SMILES string of the molecule is CCn1ncc2c1-c1cnc(NCc3ccc(B(O)O)cc3)c(c1)OC(C)c1cc(F)ccc1-c1nn(C)nc1C2. The van der Waals surface area contributed by atoms with E-state index in [1.54, 1.807) is 31.4 Å². The van der Waals surface area contributed by atoms with Gasteiger partial charge in [-0.25, -0.2) is 9.37 Å². The highest BCUT2D eigenvalue weighted by atomic mass is 19.1. The van der Waals surface area contributed by atoms with E-state index in [-0.39, 0.29) is 5.82 Å². The maximum absolute atomic E-state index is 14.6. The largest absolute Gasteiger partial charge is 0.488 e. The quantitative estimate of drug-likeness (QED) is 0.284. The summed E-state index contributed by atoms with van der Waals surface area (Å²) in [5, 5.41) is 36.0. The second-order valence-electron chi connectivity index (χ2n) is 10.0. The van der Waals surface area contributed by atoms with Crippen molar-refractivity contribution in [3.8, 4) is 28.3 Å². The van der Waals surface area contributed by atoms with Crippen LogP contribution in [0.4, 0.5) is 10.2 Å². The lowest BCUT2D eigenvalue weighted by Crippen LogP contribution is -2.29. The van der Waals surface area contributed by atoms with Crippen LogP contribution in [-0.2, 0) is 26.6 Å². The van der Waals surface area contributed by atoms with E-state index >= 15 is 0 Å². The van der Waals surface area contributed by atoms with Crippen molar-refractivity contribution in [2.75, 3.05) is 5.32 Å². The van der Waals surface area contributed by atoms with Crippen molar-refractivity contribution < 1.29 is 19.2 Å². The maximum atomic E-state index is 14.6. The molecule has 3 aromatic heterocycles. The lowest BCUT2D eigenvalue weighted by molar-refractivity contribution is 0.227. The van der Waals surface area contributed by atoms with Gasteiger partial charge in [0.05, 0.1) is 17.6 Å². The smallest absolute Gasteiger partial charge is 0.482 e.